The van der Waals surface area contributed by atoms with Crippen LogP contribution in [-0.4, -0.2) is 17.6 Å². The van der Waals surface area contributed by atoms with Gasteiger partial charge in [-0.2, -0.15) is 0 Å². The number of rotatable bonds is 5. The zero-order valence-corrected chi connectivity index (χ0v) is 13.4. The maximum Gasteiger partial charge on any atom is 0.344 e. The SMILES string of the molecule is CCC/C=C/c1c(C(=O)OCC)c(=O)[nH]c2ccc(Cl)cc12. The Balaban J connectivity index is 2.75. The molecule has 1 heterocycles. The number of carbonyl (C=O) groups is 1. The number of halogens is 1. The fourth-order valence-corrected chi connectivity index (χ4v) is 2.41. The number of hydrogen-bond donors (Lipinski definition) is 1. The third-order valence-corrected chi connectivity index (χ3v) is 3.47. The second kappa shape index (κ2) is 7.27. The van der Waals surface area contributed by atoms with Gasteiger partial charge in [-0.3, -0.25) is 4.79 Å². The summed E-state index contributed by atoms with van der Waals surface area (Å²) in [5, 5.41) is 1.27. The van der Waals surface area contributed by atoms with E-state index in [1.165, 1.54) is 0 Å². The van der Waals surface area contributed by atoms with Crippen LogP contribution in [0.25, 0.3) is 17.0 Å². The molecule has 1 N–H and O–H groups in total. The van der Waals surface area contributed by atoms with Crippen molar-refractivity contribution in [1.82, 2.24) is 4.98 Å². The van der Waals surface area contributed by atoms with Crippen LogP contribution in [0.3, 0.4) is 0 Å². The fraction of sp³-hybridized carbons (Fsp3) is 0.294. The number of benzene rings is 1. The molecule has 0 atom stereocenters. The summed E-state index contributed by atoms with van der Waals surface area (Å²) in [7, 11) is 0. The second-order valence-electron chi connectivity index (χ2n) is 4.84. The van der Waals surface area contributed by atoms with Crippen LogP contribution < -0.4 is 5.56 Å². The molecule has 22 heavy (non-hydrogen) atoms. The van der Waals surface area contributed by atoms with Crippen LogP contribution in [0.4, 0.5) is 0 Å². The lowest BCUT2D eigenvalue weighted by atomic mass is 10.0. The van der Waals surface area contributed by atoms with Crippen molar-refractivity contribution in [2.75, 3.05) is 6.61 Å². The molecule has 0 saturated carbocycles. The summed E-state index contributed by atoms with van der Waals surface area (Å²) in [6.45, 7) is 3.98. The number of hydrogen-bond acceptors (Lipinski definition) is 3. The molecule has 0 spiro atoms. The number of esters is 1. The molecule has 0 fully saturated rings. The first-order chi connectivity index (χ1) is 10.6. The van der Waals surface area contributed by atoms with Gasteiger partial charge in [0.15, 0.2) is 0 Å². The van der Waals surface area contributed by atoms with E-state index in [9.17, 15) is 9.59 Å². The first kappa shape index (κ1) is 16.3. The molecule has 0 aliphatic rings. The zero-order valence-electron chi connectivity index (χ0n) is 12.6. The maximum atomic E-state index is 12.3. The van der Waals surface area contributed by atoms with E-state index in [-0.39, 0.29) is 12.2 Å². The summed E-state index contributed by atoms with van der Waals surface area (Å²) in [6, 6.07) is 5.16. The Hall–Kier alpha value is -2.07. The average Bonchev–Trinajstić information content (AvgIpc) is 2.48. The molecular weight excluding hydrogens is 302 g/mol. The lowest BCUT2D eigenvalue weighted by Gasteiger charge is -2.09. The molecule has 0 aliphatic carbocycles. The first-order valence-electron chi connectivity index (χ1n) is 7.27. The van der Waals surface area contributed by atoms with E-state index in [0.29, 0.717) is 16.1 Å². The number of nitrogens with one attached hydrogen (secondary N) is 1. The number of fused-ring (bicyclic) bond motifs is 1. The molecular formula is C17H18ClNO3. The van der Waals surface area contributed by atoms with Crippen LogP contribution in [0.15, 0.2) is 29.1 Å². The highest BCUT2D eigenvalue weighted by Crippen LogP contribution is 2.24. The number of aromatic amines is 1. The van der Waals surface area contributed by atoms with Gasteiger partial charge in [0.2, 0.25) is 0 Å². The van der Waals surface area contributed by atoms with Crippen molar-refractivity contribution in [2.24, 2.45) is 0 Å². The predicted molar refractivity (Wildman–Crippen MR) is 89.5 cm³/mol. The highest BCUT2D eigenvalue weighted by atomic mass is 35.5. The highest BCUT2D eigenvalue weighted by molar-refractivity contribution is 6.31. The molecule has 1 aromatic carbocycles. The van der Waals surface area contributed by atoms with Crippen LogP contribution in [0.5, 0.6) is 0 Å². The van der Waals surface area contributed by atoms with E-state index in [4.69, 9.17) is 16.3 Å². The molecule has 5 heteroatoms. The van der Waals surface area contributed by atoms with E-state index in [1.807, 2.05) is 6.08 Å². The third-order valence-electron chi connectivity index (χ3n) is 3.24. The van der Waals surface area contributed by atoms with Gasteiger partial charge in [-0.05, 0) is 31.5 Å². The maximum absolute atomic E-state index is 12.3. The van der Waals surface area contributed by atoms with Crippen LogP contribution in [0, 0.1) is 0 Å². The zero-order chi connectivity index (χ0) is 16.1. The van der Waals surface area contributed by atoms with E-state index < -0.39 is 11.5 Å². The fourth-order valence-electron chi connectivity index (χ4n) is 2.24. The van der Waals surface area contributed by atoms with E-state index in [2.05, 4.69) is 11.9 Å². The highest BCUT2D eigenvalue weighted by Gasteiger charge is 2.19. The number of allylic oxidation sites excluding steroid dienone is 1. The van der Waals surface area contributed by atoms with Crippen molar-refractivity contribution >= 4 is 34.5 Å². The van der Waals surface area contributed by atoms with Gasteiger partial charge in [0.1, 0.15) is 5.56 Å². The smallest absolute Gasteiger partial charge is 0.344 e. The number of aromatic nitrogens is 1. The Morgan fingerprint density at radius 2 is 2.14 bits per heavy atom. The minimum absolute atomic E-state index is 0.0176. The van der Waals surface area contributed by atoms with Gasteiger partial charge in [0.05, 0.1) is 6.61 Å². The van der Waals surface area contributed by atoms with Gasteiger partial charge in [0.25, 0.3) is 5.56 Å². The number of ether oxygens (including phenoxy) is 1. The number of unbranched alkanes of at least 4 members (excludes halogenated alkanes) is 1. The summed E-state index contributed by atoms with van der Waals surface area (Å²) >= 11 is 6.05. The van der Waals surface area contributed by atoms with Crippen LogP contribution in [0.2, 0.25) is 5.02 Å². The van der Waals surface area contributed by atoms with Gasteiger partial charge in [-0.15, -0.1) is 0 Å². The molecule has 0 aliphatic heterocycles. The van der Waals surface area contributed by atoms with Crippen molar-refractivity contribution < 1.29 is 9.53 Å². The molecule has 116 valence electrons. The molecule has 0 radical (unpaired) electrons. The predicted octanol–water partition coefficient (Wildman–Crippen LogP) is 4.17. The van der Waals surface area contributed by atoms with Crippen molar-refractivity contribution in [3.63, 3.8) is 0 Å². The van der Waals surface area contributed by atoms with Crippen molar-refractivity contribution in [3.05, 3.63) is 50.8 Å². The third kappa shape index (κ3) is 3.39. The van der Waals surface area contributed by atoms with Gasteiger partial charge in [-0.1, -0.05) is 37.1 Å². The second-order valence-corrected chi connectivity index (χ2v) is 5.28. The number of H-pyrrole nitrogens is 1. The summed E-state index contributed by atoms with van der Waals surface area (Å²) in [6.07, 6.45) is 5.58. The Morgan fingerprint density at radius 3 is 2.82 bits per heavy atom. The minimum Gasteiger partial charge on any atom is -0.462 e. The van der Waals surface area contributed by atoms with Crippen LogP contribution in [-0.2, 0) is 4.74 Å². The number of pyridine rings is 1. The molecule has 2 aromatic rings. The standard InChI is InChI=1S/C17H18ClNO3/c1-3-5-6-7-12-13-10-11(18)8-9-14(13)19-16(20)15(12)17(21)22-4-2/h6-10H,3-5H2,1-2H3,(H,19,20)/b7-6+. The lowest BCUT2D eigenvalue weighted by molar-refractivity contribution is 0.0524. The Morgan fingerprint density at radius 1 is 1.36 bits per heavy atom. The van der Waals surface area contributed by atoms with Crippen LogP contribution in [0.1, 0.15) is 42.6 Å². The lowest BCUT2D eigenvalue weighted by Crippen LogP contribution is -2.21. The number of carbonyl (C=O) groups excluding carboxylic acids is 1. The molecule has 0 unspecified atom stereocenters. The van der Waals surface area contributed by atoms with Gasteiger partial charge < -0.3 is 9.72 Å². The summed E-state index contributed by atoms with van der Waals surface area (Å²) < 4.78 is 5.01. The summed E-state index contributed by atoms with van der Waals surface area (Å²) in [4.78, 5) is 27.1. The molecule has 2 rings (SSSR count). The van der Waals surface area contributed by atoms with Crippen molar-refractivity contribution in [2.45, 2.75) is 26.7 Å². The molecule has 0 bridgehead atoms. The molecule has 0 amide bonds. The summed E-state index contributed by atoms with van der Waals surface area (Å²) in [5.74, 6) is -0.623. The monoisotopic (exact) mass is 319 g/mol. The topological polar surface area (TPSA) is 59.2 Å². The van der Waals surface area contributed by atoms with Crippen LogP contribution >= 0.6 is 11.6 Å². The van der Waals surface area contributed by atoms with Gasteiger partial charge >= 0.3 is 5.97 Å². The van der Waals surface area contributed by atoms with Crippen molar-refractivity contribution in [3.8, 4) is 0 Å². The quantitative estimate of drug-likeness (QED) is 0.841. The first-order valence-corrected chi connectivity index (χ1v) is 7.65. The largest absolute Gasteiger partial charge is 0.462 e. The van der Waals surface area contributed by atoms with Gasteiger partial charge in [-0.25, -0.2) is 4.79 Å². The molecule has 0 saturated heterocycles. The average molecular weight is 320 g/mol. The van der Waals surface area contributed by atoms with E-state index in [1.54, 1.807) is 31.2 Å². The normalized spacial score (nSPS) is 11.2. The summed E-state index contributed by atoms with van der Waals surface area (Å²) in [5.41, 5.74) is 0.750. The van der Waals surface area contributed by atoms with E-state index >= 15 is 0 Å². The minimum atomic E-state index is -0.623. The van der Waals surface area contributed by atoms with E-state index in [0.717, 1.165) is 18.2 Å². The Kier molecular flexibility index (Phi) is 5.39. The van der Waals surface area contributed by atoms with Crippen molar-refractivity contribution in [1.29, 1.82) is 0 Å². The van der Waals surface area contributed by atoms with Gasteiger partial charge in [0, 0.05) is 21.5 Å². The molecule has 4 nitrogen and oxygen atoms in total. The Labute approximate surface area is 133 Å². The Bertz CT molecular complexity index is 777. The molecule has 1 aromatic heterocycles.